The monoisotopic (exact) mass is 181 g/mol. The molecular formula is C12H23N. The van der Waals surface area contributed by atoms with Crippen molar-refractivity contribution in [3.8, 4) is 0 Å². The van der Waals surface area contributed by atoms with Gasteiger partial charge in [0, 0.05) is 5.54 Å². The molecule has 1 atom stereocenters. The van der Waals surface area contributed by atoms with Gasteiger partial charge in [0.1, 0.15) is 0 Å². The Kier molecular flexibility index (Phi) is 3.55. The molecular weight excluding hydrogens is 158 g/mol. The van der Waals surface area contributed by atoms with Gasteiger partial charge < -0.3 is 5.32 Å². The molecule has 1 N–H and O–H groups in total. The Hall–Kier alpha value is -0.300. The number of rotatable bonds is 3. The molecule has 0 saturated heterocycles. The number of hydrogen-bond donors (Lipinski definition) is 1. The summed E-state index contributed by atoms with van der Waals surface area (Å²) in [5.74, 6) is 0.817. The highest BCUT2D eigenvalue weighted by Gasteiger charge is 2.29. The summed E-state index contributed by atoms with van der Waals surface area (Å²) in [6.07, 6.45) is 6.28. The Bertz CT molecular complexity index is 191. The van der Waals surface area contributed by atoms with Crippen molar-refractivity contribution in [2.75, 3.05) is 6.54 Å². The van der Waals surface area contributed by atoms with Gasteiger partial charge in [-0.15, -0.1) is 0 Å². The number of allylic oxidation sites excluding steroid dienone is 2. The van der Waals surface area contributed by atoms with Crippen LogP contribution in [0.5, 0.6) is 0 Å². The maximum absolute atomic E-state index is 3.58. The molecule has 1 nitrogen and oxygen atoms in total. The van der Waals surface area contributed by atoms with Crippen LogP contribution >= 0.6 is 0 Å². The average molecular weight is 181 g/mol. The first-order valence-corrected chi connectivity index (χ1v) is 5.47. The van der Waals surface area contributed by atoms with Crippen LogP contribution in [0.15, 0.2) is 11.6 Å². The van der Waals surface area contributed by atoms with Crippen molar-refractivity contribution in [1.29, 1.82) is 0 Å². The lowest BCUT2D eigenvalue weighted by molar-refractivity contribution is 0.235. The van der Waals surface area contributed by atoms with E-state index in [1.807, 2.05) is 0 Å². The highest BCUT2D eigenvalue weighted by molar-refractivity contribution is 5.07. The summed E-state index contributed by atoms with van der Waals surface area (Å²) in [4.78, 5) is 0. The minimum absolute atomic E-state index is 0.310. The maximum Gasteiger partial charge on any atom is 0.0156 e. The van der Waals surface area contributed by atoms with Crippen LogP contribution in [0.3, 0.4) is 0 Å². The van der Waals surface area contributed by atoms with Crippen LogP contribution in [0.1, 0.15) is 47.0 Å². The second kappa shape index (κ2) is 4.28. The third-order valence-electron chi connectivity index (χ3n) is 3.23. The zero-order valence-corrected chi connectivity index (χ0v) is 9.48. The van der Waals surface area contributed by atoms with Crippen molar-refractivity contribution in [2.45, 2.75) is 52.5 Å². The minimum Gasteiger partial charge on any atom is -0.312 e. The van der Waals surface area contributed by atoms with Crippen molar-refractivity contribution in [3.05, 3.63) is 11.6 Å². The predicted molar refractivity (Wildman–Crippen MR) is 58.9 cm³/mol. The highest BCUT2D eigenvalue weighted by Crippen LogP contribution is 2.32. The molecule has 0 spiro atoms. The van der Waals surface area contributed by atoms with Gasteiger partial charge in [0.25, 0.3) is 0 Å². The van der Waals surface area contributed by atoms with Gasteiger partial charge in [-0.05, 0) is 52.5 Å². The zero-order chi connectivity index (χ0) is 9.90. The molecule has 0 fully saturated rings. The van der Waals surface area contributed by atoms with Gasteiger partial charge in [-0.1, -0.05) is 18.6 Å². The maximum atomic E-state index is 3.58. The third-order valence-corrected chi connectivity index (χ3v) is 3.23. The van der Waals surface area contributed by atoms with E-state index >= 15 is 0 Å². The van der Waals surface area contributed by atoms with Gasteiger partial charge in [-0.3, -0.25) is 0 Å². The SMILES string of the molecule is CCNC(C)(C)C1CCC=C(C)C1. The van der Waals surface area contributed by atoms with Crippen LogP contribution in [-0.2, 0) is 0 Å². The topological polar surface area (TPSA) is 12.0 Å². The van der Waals surface area contributed by atoms with Gasteiger partial charge in [0.15, 0.2) is 0 Å². The van der Waals surface area contributed by atoms with E-state index in [0.29, 0.717) is 5.54 Å². The molecule has 1 aliphatic rings. The molecule has 1 aliphatic carbocycles. The Balaban J connectivity index is 2.56. The molecule has 13 heavy (non-hydrogen) atoms. The minimum atomic E-state index is 0.310. The smallest absolute Gasteiger partial charge is 0.0156 e. The molecule has 0 heterocycles. The van der Waals surface area contributed by atoms with Gasteiger partial charge in [0.2, 0.25) is 0 Å². The van der Waals surface area contributed by atoms with Crippen molar-refractivity contribution in [1.82, 2.24) is 5.32 Å². The van der Waals surface area contributed by atoms with Crippen LogP contribution in [-0.4, -0.2) is 12.1 Å². The molecule has 0 aromatic rings. The van der Waals surface area contributed by atoms with Crippen LogP contribution in [0.2, 0.25) is 0 Å². The summed E-state index contributed by atoms with van der Waals surface area (Å²) in [6, 6.07) is 0. The summed E-state index contributed by atoms with van der Waals surface area (Å²) >= 11 is 0. The first kappa shape index (κ1) is 10.8. The van der Waals surface area contributed by atoms with Gasteiger partial charge in [-0.2, -0.15) is 0 Å². The highest BCUT2D eigenvalue weighted by atomic mass is 15.0. The largest absolute Gasteiger partial charge is 0.312 e. The summed E-state index contributed by atoms with van der Waals surface area (Å²) in [5, 5.41) is 3.58. The molecule has 0 aliphatic heterocycles. The van der Waals surface area contributed by atoms with E-state index in [2.05, 4.69) is 39.1 Å². The van der Waals surface area contributed by atoms with Crippen molar-refractivity contribution >= 4 is 0 Å². The molecule has 0 saturated carbocycles. The molecule has 1 unspecified atom stereocenters. The molecule has 0 aromatic heterocycles. The van der Waals surface area contributed by atoms with Crippen LogP contribution in [0.25, 0.3) is 0 Å². The van der Waals surface area contributed by atoms with Gasteiger partial charge in [-0.25, -0.2) is 0 Å². The van der Waals surface area contributed by atoms with E-state index in [-0.39, 0.29) is 0 Å². The molecule has 0 aromatic carbocycles. The van der Waals surface area contributed by atoms with Crippen LogP contribution in [0.4, 0.5) is 0 Å². The molecule has 1 rings (SSSR count). The standard InChI is InChI=1S/C12H23N/c1-5-13-12(3,4)11-8-6-7-10(2)9-11/h7,11,13H,5-6,8-9H2,1-4H3. The first-order valence-electron chi connectivity index (χ1n) is 5.47. The van der Waals surface area contributed by atoms with E-state index in [0.717, 1.165) is 12.5 Å². The van der Waals surface area contributed by atoms with E-state index in [1.54, 1.807) is 5.57 Å². The van der Waals surface area contributed by atoms with E-state index < -0.39 is 0 Å². The fourth-order valence-corrected chi connectivity index (χ4v) is 2.32. The Morgan fingerprint density at radius 2 is 2.23 bits per heavy atom. The summed E-state index contributed by atoms with van der Waals surface area (Å²) in [6.45, 7) is 10.2. The summed E-state index contributed by atoms with van der Waals surface area (Å²) in [5.41, 5.74) is 1.88. The third kappa shape index (κ3) is 2.84. The van der Waals surface area contributed by atoms with E-state index in [4.69, 9.17) is 0 Å². The van der Waals surface area contributed by atoms with E-state index in [1.165, 1.54) is 19.3 Å². The summed E-state index contributed by atoms with van der Waals surface area (Å²) in [7, 11) is 0. The second-order valence-electron chi connectivity index (χ2n) is 4.78. The summed E-state index contributed by atoms with van der Waals surface area (Å²) < 4.78 is 0. The lowest BCUT2D eigenvalue weighted by atomic mass is 9.77. The fourth-order valence-electron chi connectivity index (χ4n) is 2.32. The van der Waals surface area contributed by atoms with Crippen LogP contribution < -0.4 is 5.32 Å². The quantitative estimate of drug-likeness (QED) is 0.660. The van der Waals surface area contributed by atoms with Crippen LogP contribution in [0, 0.1) is 5.92 Å². The first-order chi connectivity index (χ1) is 6.06. The second-order valence-corrected chi connectivity index (χ2v) is 4.78. The molecule has 0 bridgehead atoms. The zero-order valence-electron chi connectivity index (χ0n) is 9.48. The number of nitrogens with one attached hydrogen (secondary N) is 1. The molecule has 1 heteroatoms. The Morgan fingerprint density at radius 3 is 2.77 bits per heavy atom. The Morgan fingerprint density at radius 1 is 1.54 bits per heavy atom. The molecule has 0 radical (unpaired) electrons. The average Bonchev–Trinajstić information content (AvgIpc) is 2.04. The predicted octanol–water partition coefficient (Wildman–Crippen LogP) is 3.12. The normalized spacial score (nSPS) is 24.3. The number of hydrogen-bond acceptors (Lipinski definition) is 1. The van der Waals surface area contributed by atoms with Gasteiger partial charge >= 0.3 is 0 Å². The lowest BCUT2D eigenvalue weighted by Gasteiger charge is -2.37. The van der Waals surface area contributed by atoms with Crippen molar-refractivity contribution in [3.63, 3.8) is 0 Å². The van der Waals surface area contributed by atoms with Crippen molar-refractivity contribution in [2.24, 2.45) is 5.92 Å². The molecule has 0 amide bonds. The van der Waals surface area contributed by atoms with Crippen molar-refractivity contribution < 1.29 is 0 Å². The lowest BCUT2D eigenvalue weighted by Crippen LogP contribution is -2.46. The molecule has 76 valence electrons. The van der Waals surface area contributed by atoms with Gasteiger partial charge in [0.05, 0.1) is 0 Å². The van der Waals surface area contributed by atoms with E-state index in [9.17, 15) is 0 Å². The Labute approximate surface area is 82.6 Å². The fraction of sp³-hybridized carbons (Fsp3) is 0.833.